The zero-order chi connectivity index (χ0) is 21.3. The first-order valence-electron chi connectivity index (χ1n) is 10.6. The van der Waals surface area contributed by atoms with Crippen molar-refractivity contribution in [1.82, 2.24) is 10.2 Å². The lowest BCUT2D eigenvalue weighted by molar-refractivity contribution is -0.120. The fourth-order valence-corrected chi connectivity index (χ4v) is 4.62. The molecule has 4 heteroatoms. The molecule has 154 valence electrons. The van der Waals surface area contributed by atoms with E-state index in [4.69, 9.17) is 0 Å². The van der Waals surface area contributed by atoms with Gasteiger partial charge in [-0.3, -0.25) is 9.59 Å². The topological polar surface area (TPSA) is 49.4 Å². The molecule has 0 aromatic heterocycles. The van der Waals surface area contributed by atoms with Gasteiger partial charge in [-0.1, -0.05) is 53.6 Å². The minimum Gasteiger partial charge on any atom is -0.353 e. The zero-order valence-corrected chi connectivity index (χ0v) is 17.8. The number of hydrogen-bond donors (Lipinski definition) is 1. The van der Waals surface area contributed by atoms with Crippen molar-refractivity contribution in [2.45, 2.75) is 45.7 Å². The van der Waals surface area contributed by atoms with Gasteiger partial charge in [0.25, 0.3) is 5.91 Å². The number of amides is 2. The van der Waals surface area contributed by atoms with Gasteiger partial charge in [-0.25, -0.2) is 0 Å². The van der Waals surface area contributed by atoms with E-state index in [0.717, 1.165) is 34.1 Å². The van der Waals surface area contributed by atoms with Crippen LogP contribution >= 0.6 is 0 Å². The number of piperidine rings is 1. The molecule has 2 amide bonds. The molecule has 0 unspecified atom stereocenters. The second kappa shape index (κ2) is 8.31. The highest BCUT2D eigenvalue weighted by Gasteiger charge is 2.33. The van der Waals surface area contributed by atoms with Gasteiger partial charge < -0.3 is 10.2 Å². The molecular formula is C26H28N2O2. The van der Waals surface area contributed by atoms with E-state index in [2.05, 4.69) is 41.7 Å². The molecule has 4 nitrogen and oxygen atoms in total. The Morgan fingerprint density at radius 2 is 1.63 bits per heavy atom. The third kappa shape index (κ3) is 4.23. The smallest absolute Gasteiger partial charge is 0.254 e. The predicted molar refractivity (Wildman–Crippen MR) is 120 cm³/mol. The normalized spacial score (nSPS) is 19.0. The van der Waals surface area contributed by atoms with Crippen molar-refractivity contribution in [3.8, 4) is 0 Å². The Hall–Kier alpha value is -3.14. The van der Waals surface area contributed by atoms with Crippen LogP contribution in [0.3, 0.4) is 0 Å². The average molecular weight is 401 g/mol. The first-order chi connectivity index (χ1) is 14.4. The van der Waals surface area contributed by atoms with E-state index in [1.165, 1.54) is 5.39 Å². The summed E-state index contributed by atoms with van der Waals surface area (Å²) in [6, 6.07) is 20.7. The van der Waals surface area contributed by atoms with Gasteiger partial charge in [0.05, 0.1) is 6.04 Å². The van der Waals surface area contributed by atoms with Crippen LogP contribution in [0.5, 0.6) is 0 Å². The molecule has 1 fully saturated rings. The van der Waals surface area contributed by atoms with E-state index in [0.29, 0.717) is 13.0 Å². The number of likely N-dealkylation sites (tertiary alicyclic amines) is 1. The maximum atomic E-state index is 13.5. The van der Waals surface area contributed by atoms with Crippen molar-refractivity contribution in [3.05, 3.63) is 82.9 Å². The first-order valence-corrected chi connectivity index (χ1v) is 10.6. The number of nitrogens with one attached hydrogen (secondary N) is 1. The van der Waals surface area contributed by atoms with Crippen LogP contribution < -0.4 is 5.32 Å². The van der Waals surface area contributed by atoms with Crippen LogP contribution in [-0.4, -0.2) is 29.3 Å². The van der Waals surface area contributed by atoms with Crippen molar-refractivity contribution < 1.29 is 9.59 Å². The van der Waals surface area contributed by atoms with E-state index in [1.807, 2.05) is 43.0 Å². The van der Waals surface area contributed by atoms with Crippen molar-refractivity contribution in [2.75, 3.05) is 6.54 Å². The number of hydrogen-bond acceptors (Lipinski definition) is 2. The summed E-state index contributed by atoms with van der Waals surface area (Å²) in [5.41, 5.74) is 4.03. The van der Waals surface area contributed by atoms with Gasteiger partial charge in [0.2, 0.25) is 5.91 Å². The first kappa shape index (κ1) is 20.1. The zero-order valence-electron chi connectivity index (χ0n) is 17.8. The standard InChI is InChI=1S/C26H28N2O2/c1-17-12-18(2)14-23(13-17)26(30)28-11-10-24(27-19(3)29)16-25(28)22-9-8-20-6-4-5-7-21(20)15-22/h4-9,12-15,24-25H,10-11,16H2,1-3H3,(H,27,29)/t24-,25+/m0/s1. The Balaban J connectivity index is 1.71. The van der Waals surface area contributed by atoms with Crippen LogP contribution in [0.25, 0.3) is 10.8 Å². The molecule has 3 aromatic carbocycles. The molecule has 1 aliphatic rings. The summed E-state index contributed by atoms with van der Waals surface area (Å²) < 4.78 is 0. The minimum atomic E-state index is -0.0754. The maximum Gasteiger partial charge on any atom is 0.254 e. The molecule has 0 saturated carbocycles. The molecule has 4 rings (SSSR count). The molecule has 3 aromatic rings. The summed E-state index contributed by atoms with van der Waals surface area (Å²) >= 11 is 0. The van der Waals surface area contributed by atoms with E-state index in [9.17, 15) is 9.59 Å². The molecule has 0 spiro atoms. The van der Waals surface area contributed by atoms with Gasteiger partial charge in [-0.15, -0.1) is 0 Å². The van der Waals surface area contributed by atoms with Crippen LogP contribution in [0.1, 0.15) is 52.9 Å². The SMILES string of the molecule is CC(=O)N[C@H]1CCN(C(=O)c2cc(C)cc(C)c2)[C@@H](c2ccc3ccccc3c2)C1. The number of aryl methyl sites for hydroxylation is 2. The van der Waals surface area contributed by atoms with Crippen LogP contribution in [0.4, 0.5) is 0 Å². The molecule has 1 aliphatic heterocycles. The molecule has 2 atom stereocenters. The van der Waals surface area contributed by atoms with E-state index < -0.39 is 0 Å². The van der Waals surface area contributed by atoms with E-state index in [1.54, 1.807) is 6.92 Å². The molecule has 0 bridgehead atoms. The highest BCUT2D eigenvalue weighted by molar-refractivity contribution is 5.95. The Labute approximate surface area is 177 Å². The van der Waals surface area contributed by atoms with Crippen LogP contribution in [0.2, 0.25) is 0 Å². The molecule has 1 heterocycles. The molecule has 30 heavy (non-hydrogen) atoms. The third-order valence-corrected chi connectivity index (χ3v) is 5.90. The third-order valence-electron chi connectivity index (χ3n) is 5.90. The van der Waals surface area contributed by atoms with Crippen molar-refractivity contribution >= 4 is 22.6 Å². The summed E-state index contributed by atoms with van der Waals surface area (Å²) in [5, 5.41) is 5.40. The number of carbonyl (C=O) groups is 2. The summed E-state index contributed by atoms with van der Waals surface area (Å²) in [6.07, 6.45) is 1.48. The molecule has 0 radical (unpaired) electrons. The Kier molecular flexibility index (Phi) is 5.58. The van der Waals surface area contributed by atoms with E-state index >= 15 is 0 Å². The molecule has 0 aliphatic carbocycles. The van der Waals surface area contributed by atoms with Gasteiger partial charge >= 0.3 is 0 Å². The summed E-state index contributed by atoms with van der Waals surface area (Å²) in [7, 11) is 0. The van der Waals surface area contributed by atoms with Gasteiger partial charge in [-0.2, -0.15) is 0 Å². The van der Waals surface area contributed by atoms with Crippen molar-refractivity contribution in [2.24, 2.45) is 0 Å². The fourth-order valence-electron chi connectivity index (χ4n) is 4.62. The largest absolute Gasteiger partial charge is 0.353 e. The Morgan fingerprint density at radius 3 is 2.33 bits per heavy atom. The monoisotopic (exact) mass is 400 g/mol. The molecule has 1 N–H and O–H groups in total. The highest BCUT2D eigenvalue weighted by atomic mass is 16.2. The van der Waals surface area contributed by atoms with Crippen LogP contribution in [0.15, 0.2) is 60.7 Å². The second-order valence-corrected chi connectivity index (χ2v) is 8.42. The fraction of sp³-hybridized carbons (Fsp3) is 0.308. The molecular weight excluding hydrogens is 372 g/mol. The summed E-state index contributed by atoms with van der Waals surface area (Å²) in [4.78, 5) is 27.2. The Bertz CT molecular complexity index is 1080. The maximum absolute atomic E-state index is 13.5. The predicted octanol–water partition coefficient (Wildman–Crippen LogP) is 4.94. The van der Waals surface area contributed by atoms with Crippen molar-refractivity contribution in [3.63, 3.8) is 0 Å². The van der Waals surface area contributed by atoms with Gasteiger partial charge in [0, 0.05) is 25.1 Å². The van der Waals surface area contributed by atoms with Gasteiger partial charge in [0.15, 0.2) is 0 Å². The van der Waals surface area contributed by atoms with Crippen molar-refractivity contribution in [1.29, 1.82) is 0 Å². The minimum absolute atomic E-state index is 0.0219. The van der Waals surface area contributed by atoms with E-state index in [-0.39, 0.29) is 23.9 Å². The van der Waals surface area contributed by atoms with Crippen LogP contribution in [0, 0.1) is 13.8 Å². The summed E-state index contributed by atoms with van der Waals surface area (Å²) in [6.45, 7) is 6.22. The van der Waals surface area contributed by atoms with Gasteiger partial charge in [-0.05, 0) is 61.2 Å². The quantitative estimate of drug-likeness (QED) is 0.677. The van der Waals surface area contributed by atoms with Crippen LogP contribution in [-0.2, 0) is 4.79 Å². The van der Waals surface area contributed by atoms with Gasteiger partial charge in [0.1, 0.15) is 0 Å². The number of benzene rings is 3. The lowest BCUT2D eigenvalue weighted by atomic mass is 9.89. The lowest BCUT2D eigenvalue weighted by Crippen LogP contribution is -2.47. The Morgan fingerprint density at radius 1 is 0.933 bits per heavy atom. The number of rotatable bonds is 3. The average Bonchev–Trinajstić information content (AvgIpc) is 2.71. The highest BCUT2D eigenvalue weighted by Crippen LogP contribution is 2.34. The number of fused-ring (bicyclic) bond motifs is 1. The number of nitrogens with zero attached hydrogens (tertiary/aromatic N) is 1. The number of carbonyl (C=O) groups excluding carboxylic acids is 2. The second-order valence-electron chi connectivity index (χ2n) is 8.42. The molecule has 1 saturated heterocycles. The lowest BCUT2D eigenvalue weighted by Gasteiger charge is -2.40. The summed E-state index contributed by atoms with van der Waals surface area (Å²) in [5.74, 6) is 0.0348.